The van der Waals surface area contributed by atoms with Gasteiger partial charge >= 0.3 is 6.03 Å². The van der Waals surface area contributed by atoms with Crippen molar-refractivity contribution in [2.75, 3.05) is 18.6 Å². The fraction of sp³-hybridized carbons (Fsp3) is 0.250. The normalized spacial score (nSPS) is 19.3. The summed E-state index contributed by atoms with van der Waals surface area (Å²) in [6.45, 7) is 0.155. The van der Waals surface area contributed by atoms with Gasteiger partial charge in [0.15, 0.2) is 6.10 Å². The summed E-state index contributed by atoms with van der Waals surface area (Å²) in [6.07, 6.45) is -0.701. The first-order valence-corrected chi connectivity index (χ1v) is 5.32. The van der Waals surface area contributed by atoms with Gasteiger partial charge in [-0.2, -0.15) is 5.26 Å². The van der Waals surface area contributed by atoms with Crippen LogP contribution in [0.5, 0.6) is 0 Å². The fourth-order valence-electron chi connectivity index (χ4n) is 1.73. The van der Waals surface area contributed by atoms with Crippen LogP contribution in [0.3, 0.4) is 0 Å². The van der Waals surface area contributed by atoms with Gasteiger partial charge < -0.3 is 10.1 Å². The number of nitrogens with one attached hydrogen (secondary N) is 1. The molecular weight excluding hydrogens is 234 g/mol. The largest absolute Gasteiger partial charge is 0.370 e. The van der Waals surface area contributed by atoms with E-state index in [0.717, 1.165) is 4.90 Å². The maximum Gasteiger partial charge on any atom is 0.328 e. The first-order chi connectivity index (χ1) is 8.67. The standard InChI is InChI=1S/C12H11N3O3/c1-18-10-7-14-12(17)15(11(10)16)9-4-2-3-8(5-9)6-13/h2-5,10H,7H2,1H3,(H,14,17). The van der Waals surface area contributed by atoms with Crippen molar-refractivity contribution in [2.45, 2.75) is 6.10 Å². The quantitative estimate of drug-likeness (QED) is 0.828. The van der Waals surface area contributed by atoms with Gasteiger partial charge in [-0.15, -0.1) is 0 Å². The molecule has 0 radical (unpaired) electrons. The molecule has 1 saturated heterocycles. The highest BCUT2D eigenvalue weighted by Gasteiger charge is 2.35. The topological polar surface area (TPSA) is 82.4 Å². The number of hydrogen-bond donors (Lipinski definition) is 1. The second-order valence-electron chi connectivity index (χ2n) is 3.75. The molecule has 1 aliphatic rings. The molecule has 0 spiro atoms. The zero-order valence-electron chi connectivity index (χ0n) is 9.71. The minimum atomic E-state index is -0.701. The van der Waals surface area contributed by atoms with Gasteiger partial charge in [-0.05, 0) is 18.2 Å². The number of methoxy groups -OCH3 is 1. The summed E-state index contributed by atoms with van der Waals surface area (Å²) in [7, 11) is 1.41. The van der Waals surface area contributed by atoms with Gasteiger partial charge in [0.1, 0.15) is 0 Å². The Kier molecular flexibility index (Phi) is 3.26. The zero-order valence-corrected chi connectivity index (χ0v) is 9.71. The molecule has 1 aromatic rings. The van der Waals surface area contributed by atoms with Crippen LogP contribution >= 0.6 is 0 Å². The lowest BCUT2D eigenvalue weighted by Crippen LogP contribution is -2.58. The summed E-state index contributed by atoms with van der Waals surface area (Å²) in [5.41, 5.74) is 0.742. The molecule has 92 valence electrons. The SMILES string of the molecule is COC1CNC(=O)N(c2cccc(C#N)c2)C1=O. The van der Waals surface area contributed by atoms with E-state index in [4.69, 9.17) is 10.00 Å². The number of carbonyl (C=O) groups is 2. The summed E-state index contributed by atoms with van der Waals surface area (Å²) >= 11 is 0. The van der Waals surface area contributed by atoms with Crippen LogP contribution in [-0.2, 0) is 9.53 Å². The van der Waals surface area contributed by atoms with E-state index < -0.39 is 18.0 Å². The molecule has 1 heterocycles. The van der Waals surface area contributed by atoms with Crippen molar-refractivity contribution in [3.63, 3.8) is 0 Å². The van der Waals surface area contributed by atoms with Gasteiger partial charge in [-0.25, -0.2) is 9.69 Å². The monoisotopic (exact) mass is 245 g/mol. The Balaban J connectivity index is 2.37. The fourth-order valence-corrected chi connectivity index (χ4v) is 1.73. The molecule has 1 unspecified atom stereocenters. The second-order valence-corrected chi connectivity index (χ2v) is 3.75. The molecular formula is C12H11N3O3. The van der Waals surface area contributed by atoms with Crippen LogP contribution in [0.2, 0.25) is 0 Å². The minimum Gasteiger partial charge on any atom is -0.370 e. The number of rotatable bonds is 2. The van der Waals surface area contributed by atoms with E-state index >= 15 is 0 Å². The van der Waals surface area contributed by atoms with Gasteiger partial charge in [-0.3, -0.25) is 4.79 Å². The maximum absolute atomic E-state index is 12.0. The molecule has 2 rings (SSSR count). The van der Waals surface area contributed by atoms with E-state index in [-0.39, 0.29) is 6.54 Å². The number of amides is 3. The molecule has 0 bridgehead atoms. The average Bonchev–Trinajstić information content (AvgIpc) is 2.39. The molecule has 6 nitrogen and oxygen atoms in total. The van der Waals surface area contributed by atoms with Crippen molar-refractivity contribution in [3.05, 3.63) is 29.8 Å². The van der Waals surface area contributed by atoms with Crippen molar-refractivity contribution in [3.8, 4) is 6.07 Å². The van der Waals surface area contributed by atoms with Crippen LogP contribution in [0.1, 0.15) is 5.56 Å². The van der Waals surface area contributed by atoms with Crippen LogP contribution in [0.25, 0.3) is 0 Å². The molecule has 0 aliphatic carbocycles. The summed E-state index contributed by atoms with van der Waals surface area (Å²) in [6, 6.07) is 7.74. The first-order valence-electron chi connectivity index (χ1n) is 5.32. The Morgan fingerprint density at radius 1 is 1.50 bits per heavy atom. The second kappa shape index (κ2) is 4.85. The molecule has 0 saturated carbocycles. The number of carbonyl (C=O) groups excluding carboxylic acids is 2. The number of urea groups is 1. The van der Waals surface area contributed by atoms with E-state index in [2.05, 4.69) is 5.32 Å². The van der Waals surface area contributed by atoms with Crippen molar-refractivity contribution >= 4 is 17.6 Å². The third kappa shape index (κ3) is 2.04. The minimum absolute atomic E-state index is 0.155. The summed E-state index contributed by atoms with van der Waals surface area (Å²) in [5.74, 6) is -0.434. The van der Waals surface area contributed by atoms with Gasteiger partial charge in [0, 0.05) is 7.11 Å². The number of anilines is 1. The van der Waals surface area contributed by atoms with Crippen molar-refractivity contribution in [1.82, 2.24) is 5.32 Å². The molecule has 0 aromatic heterocycles. The van der Waals surface area contributed by atoms with E-state index in [1.807, 2.05) is 6.07 Å². The van der Waals surface area contributed by atoms with E-state index in [1.165, 1.54) is 13.2 Å². The Morgan fingerprint density at radius 2 is 2.28 bits per heavy atom. The Morgan fingerprint density at radius 3 is 2.94 bits per heavy atom. The highest BCUT2D eigenvalue weighted by molar-refractivity contribution is 6.17. The van der Waals surface area contributed by atoms with Crippen molar-refractivity contribution in [1.29, 1.82) is 5.26 Å². The van der Waals surface area contributed by atoms with Crippen LogP contribution in [0, 0.1) is 11.3 Å². The lowest BCUT2D eigenvalue weighted by molar-refractivity contribution is -0.128. The van der Waals surface area contributed by atoms with Crippen LogP contribution < -0.4 is 10.2 Å². The molecule has 1 fully saturated rings. The summed E-state index contributed by atoms with van der Waals surface area (Å²) in [4.78, 5) is 24.7. The van der Waals surface area contributed by atoms with Crippen molar-refractivity contribution in [2.24, 2.45) is 0 Å². The predicted molar refractivity (Wildman–Crippen MR) is 62.8 cm³/mol. The number of nitrogens with zero attached hydrogens (tertiary/aromatic N) is 2. The number of hydrogen-bond acceptors (Lipinski definition) is 4. The number of ether oxygens (including phenoxy) is 1. The molecule has 1 N–H and O–H groups in total. The van der Waals surface area contributed by atoms with Gasteiger partial charge in [0.25, 0.3) is 5.91 Å². The van der Waals surface area contributed by atoms with Crippen LogP contribution in [0.4, 0.5) is 10.5 Å². The predicted octanol–water partition coefficient (Wildman–Crippen LogP) is 0.629. The molecule has 6 heteroatoms. The molecule has 1 aliphatic heterocycles. The summed E-state index contributed by atoms with van der Waals surface area (Å²) in [5, 5.41) is 11.4. The number of imide groups is 1. The number of nitriles is 1. The Labute approximate surface area is 104 Å². The molecule has 18 heavy (non-hydrogen) atoms. The van der Waals surface area contributed by atoms with Crippen LogP contribution in [-0.4, -0.2) is 31.7 Å². The van der Waals surface area contributed by atoms with Crippen LogP contribution in [0.15, 0.2) is 24.3 Å². The molecule has 1 atom stereocenters. The lowest BCUT2D eigenvalue weighted by atomic mass is 10.1. The average molecular weight is 245 g/mol. The zero-order chi connectivity index (χ0) is 13.1. The van der Waals surface area contributed by atoms with Gasteiger partial charge in [0.05, 0.1) is 23.9 Å². The third-order valence-electron chi connectivity index (χ3n) is 2.66. The smallest absolute Gasteiger partial charge is 0.328 e. The van der Waals surface area contributed by atoms with Gasteiger partial charge in [-0.1, -0.05) is 6.07 Å². The Hall–Kier alpha value is -2.39. The molecule has 1 aromatic carbocycles. The maximum atomic E-state index is 12.0. The van der Waals surface area contributed by atoms with Gasteiger partial charge in [0.2, 0.25) is 0 Å². The van der Waals surface area contributed by atoms with Crippen molar-refractivity contribution < 1.29 is 14.3 Å². The molecule has 3 amide bonds. The lowest BCUT2D eigenvalue weighted by Gasteiger charge is -2.30. The summed E-state index contributed by atoms with van der Waals surface area (Å²) < 4.78 is 4.99. The van der Waals surface area contributed by atoms with E-state index in [1.54, 1.807) is 18.2 Å². The van der Waals surface area contributed by atoms with E-state index in [9.17, 15) is 9.59 Å². The van der Waals surface area contributed by atoms with E-state index in [0.29, 0.717) is 11.3 Å². The first kappa shape index (κ1) is 12.1. The highest BCUT2D eigenvalue weighted by atomic mass is 16.5. The highest BCUT2D eigenvalue weighted by Crippen LogP contribution is 2.19. The number of benzene rings is 1. The Bertz CT molecular complexity index is 536. The third-order valence-corrected chi connectivity index (χ3v) is 2.66.